The molecule has 2 rings (SSSR count). The summed E-state index contributed by atoms with van der Waals surface area (Å²) in [5, 5.41) is 8.42. The zero-order chi connectivity index (χ0) is 19.2. The van der Waals surface area contributed by atoms with E-state index < -0.39 is 22.5 Å². The summed E-state index contributed by atoms with van der Waals surface area (Å²) in [5.74, 6) is -0.861. The van der Waals surface area contributed by atoms with Crippen LogP contribution in [0, 0.1) is 0 Å². The van der Waals surface area contributed by atoms with E-state index in [2.05, 4.69) is 9.46 Å². The molecule has 0 aromatic heterocycles. The third-order valence-corrected chi connectivity index (χ3v) is 4.42. The first kappa shape index (κ1) is 19.3. The number of anilines is 1. The number of sulfonamides is 1. The van der Waals surface area contributed by atoms with Crippen LogP contribution >= 0.6 is 0 Å². The number of alkyl halides is 2. The Labute approximate surface area is 147 Å². The van der Waals surface area contributed by atoms with E-state index in [0.717, 1.165) is 6.08 Å². The predicted octanol–water partition coefficient (Wildman–Crippen LogP) is 2.61. The molecule has 2 aromatic carbocycles. The fourth-order valence-electron chi connectivity index (χ4n) is 1.91. The number of halogens is 2. The second kappa shape index (κ2) is 8.41. The zero-order valence-corrected chi connectivity index (χ0v) is 13.9. The number of hydrogen-bond acceptors (Lipinski definition) is 5. The quantitative estimate of drug-likeness (QED) is 0.387. The van der Waals surface area contributed by atoms with Crippen molar-refractivity contribution in [3.8, 4) is 5.75 Å². The molecule has 0 heterocycles. The molecule has 26 heavy (non-hydrogen) atoms. The van der Waals surface area contributed by atoms with E-state index in [0.29, 0.717) is 5.56 Å². The maximum atomic E-state index is 12.4. The Morgan fingerprint density at radius 3 is 2.46 bits per heavy atom. The monoisotopic (exact) mass is 384 g/mol. The molecule has 1 amide bonds. The average molecular weight is 384 g/mol. The Balaban J connectivity index is 2.17. The van der Waals surface area contributed by atoms with Crippen LogP contribution in [0.1, 0.15) is 5.56 Å². The van der Waals surface area contributed by atoms with Gasteiger partial charge in [0.25, 0.3) is 15.9 Å². The van der Waals surface area contributed by atoms with Gasteiger partial charge in [-0.1, -0.05) is 12.1 Å². The van der Waals surface area contributed by atoms with Crippen molar-refractivity contribution < 1.29 is 31.9 Å². The van der Waals surface area contributed by atoms with E-state index in [1.54, 1.807) is 6.07 Å². The first-order chi connectivity index (χ1) is 12.3. The molecule has 138 valence electrons. The van der Waals surface area contributed by atoms with E-state index >= 15 is 0 Å². The van der Waals surface area contributed by atoms with Gasteiger partial charge in [-0.05, 0) is 48.0 Å². The zero-order valence-electron chi connectivity index (χ0n) is 13.1. The minimum Gasteiger partial charge on any atom is -0.435 e. The van der Waals surface area contributed by atoms with E-state index in [9.17, 15) is 22.0 Å². The van der Waals surface area contributed by atoms with Crippen molar-refractivity contribution in [2.75, 3.05) is 4.72 Å². The van der Waals surface area contributed by atoms with Gasteiger partial charge in [0.05, 0.1) is 4.90 Å². The number of hydroxylamine groups is 1. The second-order valence-corrected chi connectivity index (χ2v) is 6.57. The molecule has 0 aliphatic carbocycles. The number of hydrogen-bond donors (Lipinski definition) is 3. The van der Waals surface area contributed by atoms with Crippen LogP contribution in [0.2, 0.25) is 0 Å². The molecule has 0 saturated heterocycles. The average Bonchev–Trinajstić information content (AvgIpc) is 2.61. The molecule has 3 N–H and O–H groups in total. The van der Waals surface area contributed by atoms with Crippen LogP contribution in [0.4, 0.5) is 14.5 Å². The molecule has 0 spiro atoms. The lowest BCUT2D eigenvalue weighted by Gasteiger charge is -2.10. The summed E-state index contributed by atoms with van der Waals surface area (Å²) in [7, 11) is -3.94. The molecule has 10 heteroatoms. The van der Waals surface area contributed by atoms with Gasteiger partial charge in [-0.15, -0.1) is 0 Å². The number of rotatable bonds is 7. The minimum atomic E-state index is -3.94. The van der Waals surface area contributed by atoms with Gasteiger partial charge < -0.3 is 4.74 Å². The lowest BCUT2D eigenvalue weighted by molar-refractivity contribution is -0.124. The molecular weight excluding hydrogens is 370 g/mol. The van der Waals surface area contributed by atoms with Crippen molar-refractivity contribution in [3.63, 3.8) is 0 Å². The molecule has 0 saturated carbocycles. The minimum absolute atomic E-state index is 0.0723. The lowest BCUT2D eigenvalue weighted by Crippen LogP contribution is -2.15. The Kier molecular flexibility index (Phi) is 6.26. The van der Waals surface area contributed by atoms with Gasteiger partial charge in [0.1, 0.15) is 5.75 Å². The third-order valence-electron chi connectivity index (χ3n) is 3.04. The van der Waals surface area contributed by atoms with Crippen LogP contribution in [-0.2, 0) is 14.8 Å². The number of nitrogens with one attached hydrogen (secondary N) is 2. The highest BCUT2D eigenvalue weighted by atomic mass is 32.2. The van der Waals surface area contributed by atoms with Crippen molar-refractivity contribution in [3.05, 3.63) is 60.2 Å². The lowest BCUT2D eigenvalue weighted by atomic mass is 10.2. The van der Waals surface area contributed by atoms with E-state index in [4.69, 9.17) is 5.21 Å². The second-order valence-electron chi connectivity index (χ2n) is 4.89. The van der Waals surface area contributed by atoms with Crippen LogP contribution in [0.15, 0.2) is 59.5 Å². The molecule has 0 fully saturated rings. The summed E-state index contributed by atoms with van der Waals surface area (Å²) in [5.41, 5.74) is 1.99. The first-order valence-electron chi connectivity index (χ1n) is 7.10. The Morgan fingerprint density at radius 1 is 1.15 bits per heavy atom. The molecule has 0 bridgehead atoms. The van der Waals surface area contributed by atoms with Gasteiger partial charge in [0, 0.05) is 11.8 Å². The number of ether oxygens (including phenoxy) is 1. The standard InChI is InChI=1S/C16H14F2N2O5S/c17-16(18)25-13-7-5-12(6-8-13)20-26(23,24)14-3-1-2-11(10-14)4-9-15(21)19-22/h1-10,16,20,22H,(H,19,21)/b9-4+. The highest BCUT2D eigenvalue weighted by Crippen LogP contribution is 2.21. The summed E-state index contributed by atoms with van der Waals surface area (Å²) < 4.78 is 55.5. The normalized spacial score (nSPS) is 11.5. The Morgan fingerprint density at radius 2 is 1.85 bits per heavy atom. The molecule has 7 nitrogen and oxygen atoms in total. The van der Waals surface area contributed by atoms with Gasteiger partial charge in [0.2, 0.25) is 0 Å². The summed E-state index contributed by atoms with van der Waals surface area (Å²) in [6.07, 6.45) is 2.35. The van der Waals surface area contributed by atoms with Gasteiger partial charge in [-0.3, -0.25) is 14.7 Å². The van der Waals surface area contributed by atoms with E-state index in [-0.39, 0.29) is 16.3 Å². The van der Waals surface area contributed by atoms with Gasteiger partial charge in [-0.2, -0.15) is 8.78 Å². The predicted molar refractivity (Wildman–Crippen MR) is 89.3 cm³/mol. The first-order valence-corrected chi connectivity index (χ1v) is 8.58. The molecule has 0 unspecified atom stereocenters. The highest BCUT2D eigenvalue weighted by molar-refractivity contribution is 7.92. The highest BCUT2D eigenvalue weighted by Gasteiger charge is 2.14. The molecule has 0 aliphatic heterocycles. The van der Waals surface area contributed by atoms with E-state index in [1.165, 1.54) is 54.0 Å². The summed E-state index contributed by atoms with van der Waals surface area (Å²) in [4.78, 5) is 10.9. The van der Waals surface area contributed by atoms with Crippen molar-refractivity contribution in [2.24, 2.45) is 0 Å². The number of carbonyl (C=O) groups is 1. The van der Waals surface area contributed by atoms with Crippen LogP contribution in [0.25, 0.3) is 6.08 Å². The SMILES string of the molecule is O=C(/C=C/c1cccc(S(=O)(=O)Nc2ccc(OC(F)F)cc2)c1)NO. The molecule has 2 aromatic rings. The van der Waals surface area contributed by atoms with Gasteiger partial charge in [-0.25, -0.2) is 13.9 Å². The smallest absolute Gasteiger partial charge is 0.387 e. The van der Waals surface area contributed by atoms with Crippen molar-refractivity contribution >= 4 is 27.7 Å². The maximum absolute atomic E-state index is 12.4. The number of carbonyl (C=O) groups excluding carboxylic acids is 1. The topological polar surface area (TPSA) is 105 Å². The summed E-state index contributed by atoms with van der Waals surface area (Å²) >= 11 is 0. The molecule has 0 atom stereocenters. The van der Waals surface area contributed by atoms with Gasteiger partial charge >= 0.3 is 6.61 Å². The fourth-order valence-corrected chi connectivity index (χ4v) is 3.03. The van der Waals surface area contributed by atoms with Crippen LogP contribution in [0.3, 0.4) is 0 Å². The largest absolute Gasteiger partial charge is 0.435 e. The van der Waals surface area contributed by atoms with Crippen LogP contribution in [-0.4, -0.2) is 26.1 Å². The van der Waals surface area contributed by atoms with Crippen LogP contribution in [0.5, 0.6) is 5.75 Å². The summed E-state index contributed by atoms with van der Waals surface area (Å²) in [6.45, 7) is -2.97. The molecule has 0 radical (unpaired) electrons. The number of amides is 1. The Hall–Kier alpha value is -2.98. The van der Waals surface area contributed by atoms with Crippen molar-refractivity contribution in [2.45, 2.75) is 11.5 Å². The Bertz CT molecular complexity index is 899. The van der Waals surface area contributed by atoms with E-state index in [1.807, 2.05) is 0 Å². The van der Waals surface area contributed by atoms with Crippen molar-refractivity contribution in [1.82, 2.24) is 5.48 Å². The maximum Gasteiger partial charge on any atom is 0.387 e. The molecular formula is C16H14F2N2O5S. The molecule has 0 aliphatic rings. The van der Waals surface area contributed by atoms with Crippen LogP contribution < -0.4 is 14.9 Å². The third kappa shape index (κ3) is 5.53. The van der Waals surface area contributed by atoms with Gasteiger partial charge in [0.15, 0.2) is 0 Å². The summed E-state index contributed by atoms with van der Waals surface area (Å²) in [6, 6.07) is 10.7. The fraction of sp³-hybridized carbons (Fsp3) is 0.0625. The van der Waals surface area contributed by atoms with Crippen molar-refractivity contribution in [1.29, 1.82) is 0 Å². The number of benzene rings is 2.